The zero-order valence-electron chi connectivity index (χ0n) is 12.2. The second-order valence-corrected chi connectivity index (χ2v) is 5.77. The van der Waals surface area contributed by atoms with Crippen LogP contribution in [-0.2, 0) is 16.1 Å². The molecule has 2 amide bonds. The maximum absolute atomic E-state index is 12.4. The summed E-state index contributed by atoms with van der Waals surface area (Å²) in [7, 11) is 0. The SMILES string of the molecule is CC(C)C1(C)CC(=O)N(CCn2cc(C(=O)O)nn2)C1=O. The standard InChI is InChI=1S/C13H18N4O4/c1-8(2)13(3)6-10(18)17(12(13)21)5-4-16-7-9(11(19)20)14-15-16/h7-8H,4-6H2,1-3H3,(H,19,20). The molecule has 1 aromatic rings. The van der Waals surface area contributed by atoms with Crippen LogP contribution in [0.5, 0.6) is 0 Å². The highest BCUT2D eigenvalue weighted by Gasteiger charge is 2.49. The van der Waals surface area contributed by atoms with Gasteiger partial charge in [-0.25, -0.2) is 9.48 Å². The number of amides is 2. The van der Waals surface area contributed by atoms with E-state index in [9.17, 15) is 14.4 Å². The molecule has 1 aliphatic rings. The fourth-order valence-corrected chi connectivity index (χ4v) is 2.29. The van der Waals surface area contributed by atoms with Gasteiger partial charge < -0.3 is 5.11 Å². The third-order valence-electron chi connectivity index (χ3n) is 4.14. The van der Waals surface area contributed by atoms with Crippen LogP contribution in [0.4, 0.5) is 0 Å². The number of aromatic nitrogens is 3. The van der Waals surface area contributed by atoms with Crippen molar-refractivity contribution in [1.29, 1.82) is 0 Å². The molecule has 114 valence electrons. The highest BCUT2D eigenvalue weighted by Crippen LogP contribution is 2.39. The van der Waals surface area contributed by atoms with Gasteiger partial charge in [0.15, 0.2) is 5.69 Å². The molecule has 0 saturated carbocycles. The van der Waals surface area contributed by atoms with Crippen LogP contribution in [0.25, 0.3) is 0 Å². The van der Waals surface area contributed by atoms with Gasteiger partial charge in [-0.15, -0.1) is 5.10 Å². The molecule has 2 heterocycles. The van der Waals surface area contributed by atoms with Crippen LogP contribution < -0.4 is 0 Å². The number of imide groups is 1. The van der Waals surface area contributed by atoms with Crippen molar-refractivity contribution in [2.45, 2.75) is 33.7 Å². The van der Waals surface area contributed by atoms with E-state index in [1.165, 1.54) is 15.8 Å². The number of hydrogen-bond acceptors (Lipinski definition) is 5. The molecule has 2 rings (SSSR count). The number of nitrogens with zero attached hydrogens (tertiary/aromatic N) is 4. The predicted molar refractivity (Wildman–Crippen MR) is 71.3 cm³/mol. The lowest BCUT2D eigenvalue weighted by atomic mass is 9.78. The van der Waals surface area contributed by atoms with Gasteiger partial charge >= 0.3 is 5.97 Å². The summed E-state index contributed by atoms with van der Waals surface area (Å²) in [5.41, 5.74) is -0.827. The number of carboxylic acids is 1. The number of aromatic carboxylic acids is 1. The Kier molecular flexibility index (Phi) is 3.80. The average Bonchev–Trinajstić information content (AvgIpc) is 2.94. The maximum Gasteiger partial charge on any atom is 0.358 e. The summed E-state index contributed by atoms with van der Waals surface area (Å²) in [5.74, 6) is -1.47. The molecule has 1 saturated heterocycles. The molecule has 0 radical (unpaired) electrons. The van der Waals surface area contributed by atoms with Gasteiger partial charge in [0.25, 0.3) is 0 Å². The van der Waals surface area contributed by atoms with Gasteiger partial charge in [-0.1, -0.05) is 19.1 Å². The lowest BCUT2D eigenvalue weighted by Crippen LogP contribution is -2.38. The second-order valence-electron chi connectivity index (χ2n) is 5.77. The Hall–Kier alpha value is -2.25. The van der Waals surface area contributed by atoms with Crippen LogP contribution in [0.3, 0.4) is 0 Å². The van der Waals surface area contributed by atoms with E-state index in [1.807, 2.05) is 13.8 Å². The monoisotopic (exact) mass is 294 g/mol. The van der Waals surface area contributed by atoms with Crippen molar-refractivity contribution in [3.63, 3.8) is 0 Å². The quantitative estimate of drug-likeness (QED) is 0.788. The minimum absolute atomic E-state index is 0.0731. The molecule has 0 aromatic carbocycles. The minimum Gasteiger partial charge on any atom is -0.476 e. The summed E-state index contributed by atoms with van der Waals surface area (Å²) in [6.45, 7) is 6.04. The highest BCUT2D eigenvalue weighted by atomic mass is 16.4. The number of carboxylic acid groups (broad SMARTS) is 1. The number of hydrogen-bond donors (Lipinski definition) is 1. The minimum atomic E-state index is -1.16. The predicted octanol–water partition coefficient (Wildman–Crippen LogP) is 0.397. The molecule has 0 spiro atoms. The van der Waals surface area contributed by atoms with Crippen molar-refractivity contribution in [3.8, 4) is 0 Å². The van der Waals surface area contributed by atoms with Crippen LogP contribution in [0, 0.1) is 11.3 Å². The lowest BCUT2D eigenvalue weighted by Gasteiger charge is -2.25. The van der Waals surface area contributed by atoms with Gasteiger partial charge in [-0.3, -0.25) is 14.5 Å². The lowest BCUT2D eigenvalue weighted by molar-refractivity contribution is -0.142. The first-order valence-corrected chi connectivity index (χ1v) is 6.74. The van der Waals surface area contributed by atoms with E-state index in [-0.39, 0.29) is 42.9 Å². The maximum atomic E-state index is 12.4. The summed E-state index contributed by atoms with van der Waals surface area (Å²) < 4.78 is 1.31. The molecule has 1 aliphatic heterocycles. The van der Waals surface area contributed by atoms with Crippen molar-refractivity contribution in [1.82, 2.24) is 19.9 Å². The number of likely N-dealkylation sites (tertiary alicyclic amines) is 1. The normalized spacial score (nSPS) is 22.4. The van der Waals surface area contributed by atoms with Gasteiger partial charge in [0.05, 0.1) is 18.2 Å². The van der Waals surface area contributed by atoms with E-state index in [1.54, 1.807) is 6.92 Å². The molecular formula is C13H18N4O4. The Labute approximate surface area is 121 Å². The smallest absolute Gasteiger partial charge is 0.358 e. The molecule has 1 N–H and O–H groups in total. The summed E-state index contributed by atoms with van der Waals surface area (Å²) >= 11 is 0. The van der Waals surface area contributed by atoms with Crippen molar-refractivity contribution >= 4 is 17.8 Å². The number of carbonyl (C=O) groups is 3. The molecule has 1 atom stereocenters. The largest absolute Gasteiger partial charge is 0.476 e. The number of carbonyl (C=O) groups excluding carboxylic acids is 2. The topological polar surface area (TPSA) is 105 Å². The van der Waals surface area contributed by atoms with E-state index in [2.05, 4.69) is 10.3 Å². The van der Waals surface area contributed by atoms with Crippen molar-refractivity contribution < 1.29 is 19.5 Å². The van der Waals surface area contributed by atoms with E-state index in [4.69, 9.17) is 5.11 Å². The fraction of sp³-hybridized carbons (Fsp3) is 0.615. The summed E-state index contributed by atoms with van der Waals surface area (Å²) in [5, 5.41) is 15.9. The van der Waals surface area contributed by atoms with E-state index < -0.39 is 11.4 Å². The highest BCUT2D eigenvalue weighted by molar-refractivity contribution is 6.05. The summed E-state index contributed by atoms with van der Waals surface area (Å²) in [6, 6.07) is 0. The molecule has 21 heavy (non-hydrogen) atoms. The number of rotatable bonds is 5. The van der Waals surface area contributed by atoms with Gasteiger partial charge in [0, 0.05) is 13.0 Å². The summed E-state index contributed by atoms with van der Waals surface area (Å²) in [4.78, 5) is 36.3. The Morgan fingerprint density at radius 1 is 1.43 bits per heavy atom. The van der Waals surface area contributed by atoms with Crippen LogP contribution in [0.15, 0.2) is 6.20 Å². The Balaban J connectivity index is 2.04. The van der Waals surface area contributed by atoms with Gasteiger partial charge in [0.2, 0.25) is 11.8 Å². The Bertz CT molecular complexity index is 595. The van der Waals surface area contributed by atoms with Crippen LogP contribution >= 0.6 is 0 Å². The van der Waals surface area contributed by atoms with Crippen LogP contribution in [0.1, 0.15) is 37.7 Å². The fourth-order valence-electron chi connectivity index (χ4n) is 2.29. The van der Waals surface area contributed by atoms with E-state index in [0.29, 0.717) is 0 Å². The van der Waals surface area contributed by atoms with Crippen molar-refractivity contribution in [2.75, 3.05) is 6.54 Å². The first-order valence-electron chi connectivity index (χ1n) is 6.74. The molecule has 1 unspecified atom stereocenters. The first kappa shape index (κ1) is 15.1. The molecular weight excluding hydrogens is 276 g/mol. The first-order chi connectivity index (χ1) is 9.75. The van der Waals surface area contributed by atoms with Gasteiger partial charge in [-0.2, -0.15) is 0 Å². The second kappa shape index (κ2) is 5.27. The average molecular weight is 294 g/mol. The third kappa shape index (κ3) is 2.65. The molecule has 1 aromatic heterocycles. The zero-order chi connectivity index (χ0) is 15.8. The third-order valence-corrected chi connectivity index (χ3v) is 4.14. The molecule has 0 aliphatic carbocycles. The molecule has 1 fully saturated rings. The van der Waals surface area contributed by atoms with Gasteiger partial charge in [-0.05, 0) is 12.8 Å². The van der Waals surface area contributed by atoms with Crippen molar-refractivity contribution in [2.24, 2.45) is 11.3 Å². The Morgan fingerprint density at radius 2 is 2.10 bits per heavy atom. The molecule has 8 heteroatoms. The molecule has 8 nitrogen and oxygen atoms in total. The summed E-state index contributed by atoms with van der Waals surface area (Å²) in [6.07, 6.45) is 1.48. The molecule has 0 bridgehead atoms. The van der Waals surface area contributed by atoms with E-state index in [0.717, 1.165) is 0 Å². The van der Waals surface area contributed by atoms with Gasteiger partial charge in [0.1, 0.15) is 0 Å². The van der Waals surface area contributed by atoms with E-state index >= 15 is 0 Å². The zero-order valence-corrected chi connectivity index (χ0v) is 12.2. The Morgan fingerprint density at radius 3 is 2.57 bits per heavy atom. The van der Waals surface area contributed by atoms with Crippen LogP contribution in [0.2, 0.25) is 0 Å². The van der Waals surface area contributed by atoms with Crippen molar-refractivity contribution in [3.05, 3.63) is 11.9 Å². The van der Waals surface area contributed by atoms with Crippen LogP contribution in [-0.4, -0.2) is 49.3 Å².